The number of imidazole rings is 1. The standard InChI is InChI=1S/C24H21N5O2S/c1-30-19-10-8-18(9-11-19)29-21-6-3-2-5-20(21)26-24(29)32-16-4-7-22-27-23(28-31-22)17-12-14-25-15-13-17/h2-3,5-6,8-15H,4,7,16H2,1H3. The fourth-order valence-corrected chi connectivity index (χ4v) is 4.41. The molecule has 0 aliphatic rings. The molecule has 0 fully saturated rings. The summed E-state index contributed by atoms with van der Waals surface area (Å²) < 4.78 is 12.9. The molecule has 5 rings (SSSR count). The van der Waals surface area contributed by atoms with E-state index in [0.29, 0.717) is 18.1 Å². The van der Waals surface area contributed by atoms with E-state index in [1.165, 1.54) is 0 Å². The first-order chi connectivity index (χ1) is 15.8. The van der Waals surface area contributed by atoms with Crippen molar-refractivity contribution in [1.82, 2.24) is 24.7 Å². The van der Waals surface area contributed by atoms with E-state index in [2.05, 4.69) is 37.9 Å². The highest BCUT2D eigenvalue weighted by atomic mass is 32.2. The van der Waals surface area contributed by atoms with E-state index >= 15 is 0 Å². The molecular formula is C24H21N5O2S. The number of aromatic nitrogens is 5. The van der Waals surface area contributed by atoms with Crippen molar-refractivity contribution < 1.29 is 9.26 Å². The number of fused-ring (bicyclic) bond motifs is 1. The molecule has 0 N–H and O–H groups in total. The molecule has 0 radical (unpaired) electrons. The predicted octanol–water partition coefficient (Wildman–Crippen LogP) is 5.20. The maximum atomic E-state index is 5.41. The van der Waals surface area contributed by atoms with Gasteiger partial charge in [-0.2, -0.15) is 4.98 Å². The molecule has 7 nitrogen and oxygen atoms in total. The van der Waals surface area contributed by atoms with Crippen LogP contribution >= 0.6 is 11.8 Å². The second-order valence-corrected chi connectivity index (χ2v) is 8.18. The Morgan fingerprint density at radius 2 is 1.78 bits per heavy atom. The van der Waals surface area contributed by atoms with Crippen LogP contribution in [-0.4, -0.2) is 37.5 Å². The number of rotatable bonds is 8. The van der Waals surface area contributed by atoms with E-state index in [1.54, 1.807) is 31.3 Å². The van der Waals surface area contributed by atoms with Gasteiger partial charge in [0.2, 0.25) is 11.7 Å². The summed E-state index contributed by atoms with van der Waals surface area (Å²) in [6, 6.07) is 20.0. The summed E-state index contributed by atoms with van der Waals surface area (Å²) in [5, 5.41) is 5.03. The number of para-hydroxylation sites is 2. The van der Waals surface area contributed by atoms with Crippen LogP contribution in [0.3, 0.4) is 0 Å². The Bertz CT molecular complexity index is 1320. The third-order valence-corrected chi connectivity index (χ3v) is 6.06. The molecule has 8 heteroatoms. The third-order valence-electron chi connectivity index (χ3n) is 5.03. The fraction of sp³-hybridized carbons (Fsp3) is 0.167. The lowest BCUT2D eigenvalue weighted by molar-refractivity contribution is 0.378. The van der Waals surface area contributed by atoms with Crippen LogP contribution in [0.25, 0.3) is 28.1 Å². The SMILES string of the molecule is COc1ccc(-n2c(SCCCc3nc(-c4ccncc4)no3)nc3ccccc32)cc1. The van der Waals surface area contributed by atoms with Gasteiger partial charge in [-0.25, -0.2) is 4.98 Å². The van der Waals surface area contributed by atoms with Crippen molar-refractivity contribution in [3.63, 3.8) is 0 Å². The van der Waals surface area contributed by atoms with Crippen LogP contribution in [0, 0.1) is 0 Å². The van der Waals surface area contributed by atoms with Crippen molar-refractivity contribution in [2.75, 3.05) is 12.9 Å². The lowest BCUT2D eigenvalue weighted by atomic mass is 10.2. The molecule has 0 spiro atoms. The van der Waals surface area contributed by atoms with Crippen molar-refractivity contribution in [1.29, 1.82) is 0 Å². The summed E-state index contributed by atoms with van der Waals surface area (Å²) in [4.78, 5) is 13.4. The normalized spacial score (nSPS) is 11.2. The molecule has 5 aromatic rings. The fourth-order valence-electron chi connectivity index (χ4n) is 3.44. The van der Waals surface area contributed by atoms with Crippen LogP contribution in [-0.2, 0) is 6.42 Å². The molecule has 0 unspecified atom stereocenters. The summed E-state index contributed by atoms with van der Waals surface area (Å²) in [6.45, 7) is 0. The Hall–Kier alpha value is -3.65. The molecule has 0 aliphatic heterocycles. The Balaban J connectivity index is 1.29. The predicted molar refractivity (Wildman–Crippen MR) is 124 cm³/mol. The van der Waals surface area contributed by atoms with E-state index in [1.807, 2.05) is 42.5 Å². The first kappa shape index (κ1) is 20.3. The molecule has 0 bridgehead atoms. The van der Waals surface area contributed by atoms with Gasteiger partial charge in [0.25, 0.3) is 0 Å². The van der Waals surface area contributed by atoms with Gasteiger partial charge >= 0.3 is 0 Å². The molecule has 2 aromatic carbocycles. The summed E-state index contributed by atoms with van der Waals surface area (Å²) >= 11 is 1.72. The molecule has 0 amide bonds. The lowest BCUT2D eigenvalue weighted by Crippen LogP contribution is -1.98. The Morgan fingerprint density at radius 3 is 2.59 bits per heavy atom. The summed E-state index contributed by atoms with van der Waals surface area (Å²) in [6.07, 6.45) is 5.05. The highest BCUT2D eigenvalue weighted by Crippen LogP contribution is 2.29. The molecule has 160 valence electrons. The number of pyridine rings is 1. The Labute approximate surface area is 189 Å². The number of nitrogens with zero attached hydrogens (tertiary/aromatic N) is 5. The van der Waals surface area contributed by atoms with E-state index in [0.717, 1.165) is 45.4 Å². The second-order valence-electron chi connectivity index (χ2n) is 7.12. The van der Waals surface area contributed by atoms with Gasteiger partial charge in [-0.1, -0.05) is 29.1 Å². The van der Waals surface area contributed by atoms with Gasteiger partial charge in [0.15, 0.2) is 5.16 Å². The first-order valence-electron chi connectivity index (χ1n) is 10.3. The van der Waals surface area contributed by atoms with Gasteiger partial charge in [-0.05, 0) is 55.0 Å². The minimum Gasteiger partial charge on any atom is -0.497 e. The maximum Gasteiger partial charge on any atom is 0.226 e. The van der Waals surface area contributed by atoms with Crippen LogP contribution in [0.5, 0.6) is 5.75 Å². The number of hydrogen-bond acceptors (Lipinski definition) is 7. The monoisotopic (exact) mass is 443 g/mol. The zero-order chi connectivity index (χ0) is 21.8. The minimum atomic E-state index is 0.594. The quantitative estimate of drug-likeness (QED) is 0.241. The topological polar surface area (TPSA) is 78.9 Å². The van der Waals surface area contributed by atoms with Crippen LogP contribution in [0.15, 0.2) is 82.7 Å². The zero-order valence-corrected chi connectivity index (χ0v) is 18.3. The summed E-state index contributed by atoms with van der Waals surface area (Å²) in [5.41, 5.74) is 4.02. The molecule has 3 heterocycles. The third kappa shape index (κ3) is 4.22. The summed E-state index contributed by atoms with van der Waals surface area (Å²) in [5.74, 6) is 2.95. The van der Waals surface area contributed by atoms with Gasteiger partial charge in [-0.3, -0.25) is 9.55 Å². The number of methoxy groups -OCH3 is 1. The van der Waals surface area contributed by atoms with Crippen LogP contribution < -0.4 is 4.74 Å². The highest BCUT2D eigenvalue weighted by molar-refractivity contribution is 7.99. The first-order valence-corrected chi connectivity index (χ1v) is 11.3. The van der Waals surface area contributed by atoms with Gasteiger partial charge in [0, 0.05) is 35.8 Å². The second kappa shape index (κ2) is 9.23. The number of hydrogen-bond donors (Lipinski definition) is 0. The van der Waals surface area contributed by atoms with Gasteiger partial charge in [0.1, 0.15) is 5.75 Å². The van der Waals surface area contributed by atoms with Crippen LogP contribution in [0.2, 0.25) is 0 Å². The average molecular weight is 444 g/mol. The van der Waals surface area contributed by atoms with E-state index < -0.39 is 0 Å². The average Bonchev–Trinajstić information content (AvgIpc) is 3.47. The van der Waals surface area contributed by atoms with E-state index in [4.69, 9.17) is 14.2 Å². The van der Waals surface area contributed by atoms with Crippen molar-refractivity contribution in [2.45, 2.75) is 18.0 Å². The highest BCUT2D eigenvalue weighted by Gasteiger charge is 2.14. The Kier molecular flexibility index (Phi) is 5.85. The summed E-state index contributed by atoms with van der Waals surface area (Å²) in [7, 11) is 1.67. The smallest absolute Gasteiger partial charge is 0.226 e. The zero-order valence-electron chi connectivity index (χ0n) is 17.5. The van der Waals surface area contributed by atoms with Crippen LogP contribution in [0.1, 0.15) is 12.3 Å². The van der Waals surface area contributed by atoms with E-state index in [9.17, 15) is 0 Å². The lowest BCUT2D eigenvalue weighted by Gasteiger charge is -2.09. The number of thioether (sulfide) groups is 1. The largest absolute Gasteiger partial charge is 0.497 e. The van der Waals surface area contributed by atoms with Gasteiger partial charge in [0.05, 0.1) is 18.1 Å². The molecule has 32 heavy (non-hydrogen) atoms. The number of benzene rings is 2. The van der Waals surface area contributed by atoms with Crippen molar-refractivity contribution in [3.8, 4) is 22.8 Å². The molecular weight excluding hydrogens is 422 g/mol. The minimum absolute atomic E-state index is 0.594. The molecule has 0 saturated carbocycles. The van der Waals surface area contributed by atoms with Crippen molar-refractivity contribution >= 4 is 22.8 Å². The Morgan fingerprint density at radius 1 is 0.969 bits per heavy atom. The van der Waals surface area contributed by atoms with Crippen LogP contribution in [0.4, 0.5) is 0 Å². The maximum absolute atomic E-state index is 5.41. The number of ether oxygens (including phenoxy) is 1. The molecule has 3 aromatic heterocycles. The van der Waals surface area contributed by atoms with Gasteiger partial charge in [-0.15, -0.1) is 0 Å². The van der Waals surface area contributed by atoms with Crippen molar-refractivity contribution in [3.05, 3.63) is 78.9 Å². The molecule has 0 atom stereocenters. The number of aryl methyl sites for hydroxylation is 1. The van der Waals surface area contributed by atoms with Gasteiger partial charge < -0.3 is 9.26 Å². The van der Waals surface area contributed by atoms with E-state index in [-0.39, 0.29) is 0 Å². The molecule has 0 saturated heterocycles. The molecule has 0 aliphatic carbocycles. The van der Waals surface area contributed by atoms with Crippen molar-refractivity contribution in [2.24, 2.45) is 0 Å².